The Balaban J connectivity index is 1.45. The van der Waals surface area contributed by atoms with Crippen LogP contribution in [-0.2, 0) is 4.79 Å². The molecule has 1 aromatic rings. The zero-order valence-corrected chi connectivity index (χ0v) is 18.6. The van der Waals surface area contributed by atoms with Crippen molar-refractivity contribution in [2.24, 2.45) is 4.99 Å². The number of hydrogen-bond donors (Lipinski definition) is 2. The summed E-state index contributed by atoms with van der Waals surface area (Å²) in [5.41, 5.74) is 1.23. The van der Waals surface area contributed by atoms with Gasteiger partial charge in [-0.25, -0.2) is 4.99 Å². The maximum atomic E-state index is 12.7. The van der Waals surface area contributed by atoms with Crippen LogP contribution in [-0.4, -0.2) is 86.6 Å². The lowest BCUT2D eigenvalue weighted by molar-refractivity contribution is -0.129. The Kier molecular flexibility index (Phi) is 8.81. The Hall–Kier alpha value is -2.28. The van der Waals surface area contributed by atoms with E-state index in [9.17, 15) is 4.79 Å². The Labute approximate surface area is 181 Å². The monoisotopic (exact) mass is 414 g/mol. The van der Waals surface area contributed by atoms with Crippen LogP contribution < -0.4 is 15.5 Å². The number of nitrogens with one attached hydrogen (secondary N) is 2. The topological polar surface area (TPSA) is 63.2 Å². The summed E-state index contributed by atoms with van der Waals surface area (Å²) in [6.45, 7) is 12.0. The number of nitrogens with zero attached hydrogens (tertiary/aromatic N) is 4. The molecule has 3 rings (SSSR count). The molecular weight excluding hydrogens is 376 g/mol. The molecule has 7 nitrogen and oxygen atoms in total. The van der Waals surface area contributed by atoms with E-state index >= 15 is 0 Å². The van der Waals surface area contributed by atoms with E-state index < -0.39 is 0 Å². The van der Waals surface area contributed by atoms with E-state index in [2.05, 4.69) is 63.5 Å². The van der Waals surface area contributed by atoms with Crippen LogP contribution >= 0.6 is 0 Å². The van der Waals surface area contributed by atoms with Crippen molar-refractivity contribution in [3.63, 3.8) is 0 Å². The van der Waals surface area contributed by atoms with Crippen molar-refractivity contribution in [1.29, 1.82) is 0 Å². The fourth-order valence-corrected chi connectivity index (χ4v) is 4.23. The van der Waals surface area contributed by atoms with Crippen LogP contribution in [0, 0.1) is 0 Å². The first-order valence-corrected chi connectivity index (χ1v) is 11.5. The maximum Gasteiger partial charge on any atom is 0.244 e. The average Bonchev–Trinajstić information content (AvgIpc) is 2.79. The number of rotatable bonds is 7. The molecule has 30 heavy (non-hydrogen) atoms. The molecule has 0 radical (unpaired) electrons. The van der Waals surface area contributed by atoms with E-state index in [0.717, 1.165) is 64.6 Å². The van der Waals surface area contributed by atoms with Gasteiger partial charge in [0, 0.05) is 57.5 Å². The number of aliphatic imine (C=N–C) groups is 1. The molecule has 0 saturated carbocycles. The minimum absolute atomic E-state index is 0.109. The Morgan fingerprint density at radius 3 is 2.37 bits per heavy atom. The number of carbonyl (C=O) groups excluding carboxylic acids is 1. The lowest BCUT2D eigenvalue weighted by Gasteiger charge is -2.36. The van der Waals surface area contributed by atoms with Crippen molar-refractivity contribution >= 4 is 17.6 Å². The molecule has 2 saturated heterocycles. The molecule has 2 heterocycles. The Morgan fingerprint density at radius 1 is 1.03 bits per heavy atom. The summed E-state index contributed by atoms with van der Waals surface area (Å²) in [4.78, 5) is 24.1. The van der Waals surface area contributed by atoms with E-state index in [1.165, 1.54) is 18.7 Å². The smallest absolute Gasteiger partial charge is 0.244 e. The van der Waals surface area contributed by atoms with Gasteiger partial charge in [-0.15, -0.1) is 0 Å². The van der Waals surface area contributed by atoms with Crippen LogP contribution in [0.5, 0.6) is 0 Å². The molecule has 0 aliphatic carbocycles. The number of likely N-dealkylation sites (tertiary alicyclic amines) is 1. The lowest BCUT2D eigenvalue weighted by atomic mass is 10.1. The molecule has 2 aliphatic rings. The summed E-state index contributed by atoms with van der Waals surface area (Å²) in [5, 5.41) is 6.84. The number of guanidine groups is 1. The first kappa shape index (κ1) is 22.4. The first-order chi connectivity index (χ1) is 14.7. The molecule has 2 fully saturated rings. The van der Waals surface area contributed by atoms with Gasteiger partial charge in [-0.3, -0.25) is 4.79 Å². The van der Waals surface area contributed by atoms with Crippen molar-refractivity contribution in [2.45, 2.75) is 39.2 Å². The molecule has 0 spiro atoms. The predicted molar refractivity (Wildman–Crippen MR) is 124 cm³/mol. The molecule has 0 aromatic heterocycles. The van der Waals surface area contributed by atoms with Gasteiger partial charge >= 0.3 is 0 Å². The highest BCUT2D eigenvalue weighted by molar-refractivity contribution is 5.85. The summed E-state index contributed by atoms with van der Waals surface area (Å²) < 4.78 is 0. The van der Waals surface area contributed by atoms with Crippen molar-refractivity contribution in [1.82, 2.24) is 20.4 Å². The number of piperazine rings is 1. The zero-order chi connectivity index (χ0) is 21.2. The summed E-state index contributed by atoms with van der Waals surface area (Å²) in [5.74, 6) is 0.875. The highest BCUT2D eigenvalue weighted by Gasteiger charge is 2.22. The quantitative estimate of drug-likeness (QED) is 0.526. The van der Waals surface area contributed by atoms with Gasteiger partial charge in [0.1, 0.15) is 6.54 Å². The van der Waals surface area contributed by atoms with Crippen LogP contribution in [0.15, 0.2) is 35.3 Å². The van der Waals surface area contributed by atoms with Crippen molar-refractivity contribution < 1.29 is 4.79 Å². The molecule has 1 amide bonds. The molecule has 0 atom stereocenters. The lowest BCUT2D eigenvalue weighted by Crippen LogP contribution is -2.50. The van der Waals surface area contributed by atoms with Crippen molar-refractivity contribution in [2.75, 3.05) is 63.8 Å². The van der Waals surface area contributed by atoms with Crippen LogP contribution in [0.1, 0.15) is 33.1 Å². The predicted octanol–water partition coefficient (Wildman–Crippen LogP) is 1.76. The minimum atomic E-state index is 0.109. The van der Waals surface area contributed by atoms with E-state index in [1.807, 2.05) is 11.0 Å². The third-order valence-electron chi connectivity index (χ3n) is 5.94. The van der Waals surface area contributed by atoms with Crippen LogP contribution in [0.3, 0.4) is 0 Å². The van der Waals surface area contributed by atoms with Crippen molar-refractivity contribution in [3.8, 4) is 0 Å². The van der Waals surface area contributed by atoms with Crippen molar-refractivity contribution in [3.05, 3.63) is 30.3 Å². The van der Waals surface area contributed by atoms with Gasteiger partial charge in [0.25, 0.3) is 0 Å². The van der Waals surface area contributed by atoms with E-state index in [0.29, 0.717) is 6.04 Å². The van der Waals surface area contributed by atoms with Gasteiger partial charge in [0.05, 0.1) is 0 Å². The van der Waals surface area contributed by atoms with E-state index in [-0.39, 0.29) is 12.5 Å². The maximum absolute atomic E-state index is 12.7. The Morgan fingerprint density at radius 2 is 1.73 bits per heavy atom. The second kappa shape index (κ2) is 11.8. The molecule has 0 unspecified atom stereocenters. The number of piperidine rings is 1. The van der Waals surface area contributed by atoms with Gasteiger partial charge in [-0.05, 0) is 44.9 Å². The number of hydrogen-bond acceptors (Lipinski definition) is 4. The number of anilines is 1. The van der Waals surface area contributed by atoms with Crippen LogP contribution in [0.2, 0.25) is 0 Å². The highest BCUT2D eigenvalue weighted by Crippen LogP contribution is 2.15. The molecule has 2 aliphatic heterocycles. The average molecular weight is 415 g/mol. The SMILES string of the molecule is CCCN1CCC(NC(=NCC(=O)N2CCN(c3ccccc3)CC2)NCC)CC1. The molecule has 1 aromatic carbocycles. The zero-order valence-electron chi connectivity index (χ0n) is 18.6. The number of benzene rings is 1. The Bertz CT molecular complexity index is 664. The largest absolute Gasteiger partial charge is 0.368 e. The molecule has 7 heteroatoms. The molecule has 166 valence electrons. The standard InChI is InChI=1S/C23H38N6O/c1-3-12-27-13-10-20(11-14-27)26-23(24-4-2)25-19-22(30)29-17-15-28(16-18-29)21-8-6-5-7-9-21/h5-9,20H,3-4,10-19H2,1-2H3,(H2,24,25,26). The van der Waals surface area contributed by atoms with Gasteiger partial charge in [-0.1, -0.05) is 25.1 Å². The molecule has 0 bridgehead atoms. The number of amides is 1. The summed E-state index contributed by atoms with van der Waals surface area (Å²) in [6, 6.07) is 10.8. The molecule has 2 N–H and O–H groups in total. The summed E-state index contributed by atoms with van der Waals surface area (Å²) in [7, 11) is 0. The fourth-order valence-electron chi connectivity index (χ4n) is 4.23. The summed E-state index contributed by atoms with van der Waals surface area (Å²) in [6.07, 6.45) is 3.46. The van der Waals surface area contributed by atoms with E-state index in [1.54, 1.807) is 0 Å². The number of para-hydroxylation sites is 1. The number of carbonyl (C=O) groups is 1. The fraction of sp³-hybridized carbons (Fsp3) is 0.652. The van der Waals surface area contributed by atoms with Crippen LogP contribution in [0.4, 0.5) is 5.69 Å². The third kappa shape index (κ3) is 6.62. The van der Waals surface area contributed by atoms with Gasteiger partial charge in [0.15, 0.2) is 5.96 Å². The first-order valence-electron chi connectivity index (χ1n) is 11.5. The second-order valence-electron chi connectivity index (χ2n) is 8.16. The van der Waals surface area contributed by atoms with E-state index in [4.69, 9.17) is 0 Å². The minimum Gasteiger partial charge on any atom is -0.368 e. The van der Waals surface area contributed by atoms with Gasteiger partial charge in [0.2, 0.25) is 5.91 Å². The van der Waals surface area contributed by atoms with Crippen LogP contribution in [0.25, 0.3) is 0 Å². The second-order valence-corrected chi connectivity index (χ2v) is 8.16. The third-order valence-corrected chi connectivity index (χ3v) is 5.94. The van der Waals surface area contributed by atoms with Gasteiger partial charge < -0.3 is 25.3 Å². The molecular formula is C23H38N6O. The normalized spacial score (nSPS) is 19.1. The highest BCUT2D eigenvalue weighted by atomic mass is 16.2. The van der Waals surface area contributed by atoms with Gasteiger partial charge in [-0.2, -0.15) is 0 Å². The summed E-state index contributed by atoms with van der Waals surface area (Å²) >= 11 is 0.